The Morgan fingerprint density at radius 1 is 1.45 bits per heavy atom. The molecule has 1 rings (SSSR count). The first-order valence-corrected chi connectivity index (χ1v) is 9.19. The SMILES string of the molecule is CCNC1(C(=O)OCC)CCCC1CCSC(C)CC. The van der Waals surface area contributed by atoms with Gasteiger partial charge in [-0.1, -0.05) is 27.2 Å². The van der Waals surface area contributed by atoms with Crippen molar-refractivity contribution in [1.29, 1.82) is 0 Å². The molecule has 118 valence electrons. The van der Waals surface area contributed by atoms with E-state index < -0.39 is 5.54 Å². The molecule has 0 bridgehead atoms. The van der Waals surface area contributed by atoms with E-state index in [2.05, 4.69) is 26.1 Å². The minimum absolute atomic E-state index is 0.0297. The van der Waals surface area contributed by atoms with Crippen molar-refractivity contribution in [3.63, 3.8) is 0 Å². The van der Waals surface area contributed by atoms with E-state index in [1.165, 1.54) is 6.42 Å². The Hall–Kier alpha value is -0.220. The molecule has 1 saturated carbocycles. The van der Waals surface area contributed by atoms with Crippen molar-refractivity contribution in [3.8, 4) is 0 Å². The lowest BCUT2D eigenvalue weighted by atomic mass is 9.85. The summed E-state index contributed by atoms with van der Waals surface area (Å²) in [5.41, 5.74) is -0.416. The van der Waals surface area contributed by atoms with Gasteiger partial charge in [-0.2, -0.15) is 11.8 Å². The number of hydrogen-bond donors (Lipinski definition) is 1. The first kappa shape index (κ1) is 17.8. The Morgan fingerprint density at radius 2 is 2.20 bits per heavy atom. The summed E-state index contributed by atoms with van der Waals surface area (Å²) in [7, 11) is 0. The van der Waals surface area contributed by atoms with Crippen LogP contribution in [0.1, 0.15) is 59.8 Å². The maximum atomic E-state index is 12.4. The zero-order valence-electron chi connectivity index (χ0n) is 13.5. The normalized spacial score (nSPS) is 27.5. The third kappa shape index (κ3) is 4.39. The van der Waals surface area contributed by atoms with Crippen molar-refractivity contribution in [2.24, 2.45) is 5.92 Å². The Labute approximate surface area is 128 Å². The van der Waals surface area contributed by atoms with E-state index in [0.29, 0.717) is 17.8 Å². The van der Waals surface area contributed by atoms with Gasteiger partial charge in [0.25, 0.3) is 0 Å². The molecule has 1 aliphatic carbocycles. The van der Waals surface area contributed by atoms with Gasteiger partial charge in [-0.15, -0.1) is 0 Å². The average Bonchev–Trinajstić information content (AvgIpc) is 2.83. The molecule has 20 heavy (non-hydrogen) atoms. The third-order valence-corrected chi connectivity index (χ3v) is 5.77. The smallest absolute Gasteiger partial charge is 0.326 e. The van der Waals surface area contributed by atoms with Gasteiger partial charge in [0.2, 0.25) is 0 Å². The fourth-order valence-electron chi connectivity index (χ4n) is 3.15. The minimum atomic E-state index is -0.416. The van der Waals surface area contributed by atoms with Crippen LogP contribution in [0.5, 0.6) is 0 Å². The molecule has 1 N–H and O–H groups in total. The van der Waals surface area contributed by atoms with Gasteiger partial charge in [-0.05, 0) is 50.8 Å². The van der Waals surface area contributed by atoms with E-state index >= 15 is 0 Å². The lowest BCUT2D eigenvalue weighted by Crippen LogP contribution is -2.55. The molecule has 0 aliphatic heterocycles. The van der Waals surface area contributed by atoms with Gasteiger partial charge in [0.05, 0.1) is 6.61 Å². The quantitative estimate of drug-likeness (QED) is 0.660. The molecule has 0 spiro atoms. The molecular weight excluding hydrogens is 270 g/mol. The summed E-state index contributed by atoms with van der Waals surface area (Å²) in [6.07, 6.45) is 5.53. The van der Waals surface area contributed by atoms with Crippen LogP contribution in [-0.4, -0.2) is 35.7 Å². The van der Waals surface area contributed by atoms with Gasteiger partial charge in [0, 0.05) is 5.25 Å². The molecule has 0 heterocycles. The van der Waals surface area contributed by atoms with Gasteiger partial charge >= 0.3 is 5.97 Å². The highest BCUT2D eigenvalue weighted by atomic mass is 32.2. The fraction of sp³-hybridized carbons (Fsp3) is 0.938. The number of carbonyl (C=O) groups excluding carboxylic acids is 1. The molecule has 0 amide bonds. The van der Waals surface area contributed by atoms with Gasteiger partial charge in [-0.25, -0.2) is 0 Å². The zero-order valence-corrected chi connectivity index (χ0v) is 14.4. The average molecular weight is 301 g/mol. The summed E-state index contributed by atoms with van der Waals surface area (Å²) >= 11 is 2.03. The topological polar surface area (TPSA) is 38.3 Å². The predicted molar refractivity (Wildman–Crippen MR) is 87.2 cm³/mol. The maximum Gasteiger partial charge on any atom is 0.326 e. The number of esters is 1. The highest BCUT2D eigenvalue weighted by molar-refractivity contribution is 7.99. The largest absolute Gasteiger partial charge is 0.465 e. The summed E-state index contributed by atoms with van der Waals surface area (Å²) < 4.78 is 5.35. The van der Waals surface area contributed by atoms with Crippen LogP contribution in [-0.2, 0) is 9.53 Å². The molecule has 3 unspecified atom stereocenters. The van der Waals surface area contributed by atoms with Crippen LogP contribution in [0.2, 0.25) is 0 Å². The molecular formula is C16H31NO2S. The van der Waals surface area contributed by atoms with Crippen molar-refractivity contribution < 1.29 is 9.53 Å². The van der Waals surface area contributed by atoms with E-state index in [9.17, 15) is 4.79 Å². The van der Waals surface area contributed by atoms with Crippen LogP contribution in [0.15, 0.2) is 0 Å². The Morgan fingerprint density at radius 3 is 2.80 bits per heavy atom. The lowest BCUT2D eigenvalue weighted by molar-refractivity contribution is -0.153. The van der Waals surface area contributed by atoms with Gasteiger partial charge in [-0.3, -0.25) is 4.79 Å². The highest BCUT2D eigenvalue weighted by Crippen LogP contribution is 2.40. The fourth-order valence-corrected chi connectivity index (χ4v) is 4.21. The number of carbonyl (C=O) groups is 1. The first-order chi connectivity index (χ1) is 9.60. The van der Waals surface area contributed by atoms with Gasteiger partial charge in [0.1, 0.15) is 5.54 Å². The molecule has 1 aliphatic rings. The number of ether oxygens (including phenoxy) is 1. The first-order valence-electron chi connectivity index (χ1n) is 8.14. The Bertz CT molecular complexity index is 298. The highest BCUT2D eigenvalue weighted by Gasteiger charge is 2.49. The van der Waals surface area contributed by atoms with Crippen molar-refractivity contribution >= 4 is 17.7 Å². The van der Waals surface area contributed by atoms with E-state index in [0.717, 1.165) is 38.0 Å². The van der Waals surface area contributed by atoms with Crippen molar-refractivity contribution in [3.05, 3.63) is 0 Å². The molecule has 3 nitrogen and oxygen atoms in total. The van der Waals surface area contributed by atoms with Crippen molar-refractivity contribution in [1.82, 2.24) is 5.32 Å². The minimum Gasteiger partial charge on any atom is -0.465 e. The molecule has 3 atom stereocenters. The number of thioether (sulfide) groups is 1. The molecule has 0 aromatic carbocycles. The van der Waals surface area contributed by atoms with Crippen LogP contribution in [0.4, 0.5) is 0 Å². The standard InChI is InChI=1S/C16H31NO2S/c1-5-13(4)20-12-10-14-9-8-11-16(14,17-6-2)15(18)19-7-3/h13-14,17H,5-12H2,1-4H3. The third-order valence-electron chi connectivity index (χ3n) is 4.40. The summed E-state index contributed by atoms with van der Waals surface area (Å²) in [4.78, 5) is 12.4. The molecule has 4 heteroatoms. The monoisotopic (exact) mass is 301 g/mol. The number of rotatable bonds is 9. The number of nitrogens with one attached hydrogen (secondary N) is 1. The molecule has 0 aromatic heterocycles. The van der Waals surface area contributed by atoms with E-state index in [1.54, 1.807) is 0 Å². The Kier molecular flexibility index (Phi) is 7.96. The molecule has 1 fully saturated rings. The number of likely N-dealkylation sites (N-methyl/N-ethyl adjacent to an activating group) is 1. The van der Waals surface area contributed by atoms with Crippen molar-refractivity contribution in [2.75, 3.05) is 18.9 Å². The zero-order chi connectivity index (χ0) is 15.0. The van der Waals surface area contributed by atoms with Crippen LogP contribution in [0.25, 0.3) is 0 Å². The van der Waals surface area contributed by atoms with E-state index in [4.69, 9.17) is 4.74 Å². The van der Waals surface area contributed by atoms with E-state index in [1.807, 2.05) is 18.7 Å². The predicted octanol–water partition coefficient (Wildman–Crippen LogP) is 3.62. The second-order valence-corrected chi connectivity index (χ2v) is 7.24. The Balaban J connectivity index is 2.63. The summed E-state index contributed by atoms with van der Waals surface area (Å²) in [6.45, 7) is 9.77. The van der Waals surface area contributed by atoms with Crippen molar-refractivity contribution in [2.45, 2.75) is 70.6 Å². The van der Waals surface area contributed by atoms with E-state index in [-0.39, 0.29) is 5.97 Å². The van der Waals surface area contributed by atoms with Crippen LogP contribution < -0.4 is 5.32 Å². The molecule has 0 saturated heterocycles. The second-order valence-electron chi connectivity index (χ2n) is 5.69. The summed E-state index contributed by atoms with van der Waals surface area (Å²) in [5, 5.41) is 4.18. The molecule has 0 radical (unpaired) electrons. The van der Waals surface area contributed by atoms with Crippen LogP contribution in [0.3, 0.4) is 0 Å². The lowest BCUT2D eigenvalue weighted by Gasteiger charge is -2.34. The maximum absolute atomic E-state index is 12.4. The van der Waals surface area contributed by atoms with Gasteiger partial charge in [0.15, 0.2) is 0 Å². The van der Waals surface area contributed by atoms with Crippen LogP contribution >= 0.6 is 11.8 Å². The second kappa shape index (κ2) is 8.93. The molecule has 0 aromatic rings. The van der Waals surface area contributed by atoms with Crippen LogP contribution in [0, 0.1) is 5.92 Å². The van der Waals surface area contributed by atoms with Gasteiger partial charge < -0.3 is 10.1 Å². The summed E-state index contributed by atoms with van der Waals surface area (Å²) in [5.74, 6) is 1.54. The number of hydrogen-bond acceptors (Lipinski definition) is 4. The summed E-state index contributed by atoms with van der Waals surface area (Å²) in [6, 6.07) is 0.